The lowest BCUT2D eigenvalue weighted by Crippen LogP contribution is -2.30. The van der Waals surface area contributed by atoms with E-state index >= 15 is 0 Å². The van der Waals surface area contributed by atoms with Gasteiger partial charge in [0.05, 0.1) is 6.10 Å². The quantitative estimate of drug-likeness (QED) is 0.576. The lowest BCUT2D eigenvalue weighted by Gasteiger charge is -2.26. The van der Waals surface area contributed by atoms with Crippen molar-refractivity contribution in [2.75, 3.05) is 0 Å². The largest absolute Gasteiger partial charge is 0.301 e. The van der Waals surface area contributed by atoms with E-state index in [2.05, 4.69) is 4.84 Å². The highest BCUT2D eigenvalue weighted by atomic mass is 19.3. The average Bonchev–Trinajstić information content (AvgIpc) is 1.88. The molecule has 0 unspecified atom stereocenters. The molecule has 60 valence electrons. The van der Waals surface area contributed by atoms with E-state index in [1.165, 1.54) is 0 Å². The summed E-state index contributed by atoms with van der Waals surface area (Å²) in [5.74, 6) is 2.37. The first kappa shape index (κ1) is 7.88. The topological polar surface area (TPSA) is 35.2 Å². The van der Waals surface area contributed by atoms with Crippen molar-refractivity contribution in [1.29, 1.82) is 0 Å². The van der Waals surface area contributed by atoms with Crippen molar-refractivity contribution >= 4 is 0 Å². The van der Waals surface area contributed by atoms with Gasteiger partial charge in [-0.25, -0.2) is 14.7 Å². The average molecular weight is 151 g/mol. The fourth-order valence-electron chi connectivity index (χ4n) is 1.15. The Balaban J connectivity index is 2.31. The van der Waals surface area contributed by atoms with Crippen LogP contribution in [0.2, 0.25) is 0 Å². The minimum Gasteiger partial charge on any atom is -0.301 e. The Morgan fingerprint density at radius 3 is 2.20 bits per heavy atom. The second-order valence-electron chi connectivity index (χ2n) is 2.69. The fourth-order valence-corrected chi connectivity index (χ4v) is 1.15. The van der Waals surface area contributed by atoms with Gasteiger partial charge in [-0.05, 0) is 12.8 Å². The summed E-state index contributed by atoms with van der Waals surface area (Å²) in [6.45, 7) is 0. The molecule has 1 fully saturated rings. The van der Waals surface area contributed by atoms with Crippen molar-refractivity contribution in [2.24, 2.45) is 5.90 Å². The highest BCUT2D eigenvalue weighted by molar-refractivity contribution is 4.77. The van der Waals surface area contributed by atoms with Gasteiger partial charge in [0.2, 0.25) is 5.92 Å². The predicted octanol–water partition coefficient (Wildman–Crippen LogP) is 1.45. The summed E-state index contributed by atoms with van der Waals surface area (Å²) in [5, 5.41) is 0. The minimum absolute atomic E-state index is 0.0884. The van der Waals surface area contributed by atoms with Gasteiger partial charge in [0.25, 0.3) is 0 Å². The molecule has 2 nitrogen and oxygen atoms in total. The van der Waals surface area contributed by atoms with Crippen LogP contribution in [0.5, 0.6) is 0 Å². The van der Waals surface area contributed by atoms with Crippen molar-refractivity contribution in [3.63, 3.8) is 0 Å². The van der Waals surface area contributed by atoms with Gasteiger partial charge in [0.15, 0.2) is 0 Å². The molecule has 2 N–H and O–H groups in total. The predicted molar refractivity (Wildman–Crippen MR) is 32.5 cm³/mol. The molecule has 0 bridgehead atoms. The SMILES string of the molecule is NOC1CCC(F)(F)CC1. The summed E-state index contributed by atoms with van der Waals surface area (Å²) in [7, 11) is 0. The van der Waals surface area contributed by atoms with E-state index in [1.807, 2.05) is 0 Å². The maximum Gasteiger partial charge on any atom is 0.248 e. The van der Waals surface area contributed by atoms with E-state index in [-0.39, 0.29) is 18.9 Å². The highest BCUT2D eigenvalue weighted by Gasteiger charge is 2.34. The van der Waals surface area contributed by atoms with E-state index in [0.29, 0.717) is 12.8 Å². The van der Waals surface area contributed by atoms with Gasteiger partial charge in [-0.15, -0.1) is 0 Å². The van der Waals surface area contributed by atoms with Crippen LogP contribution in [0.3, 0.4) is 0 Å². The molecule has 0 heterocycles. The molecular formula is C6H11F2NO. The number of hydrogen-bond donors (Lipinski definition) is 1. The van der Waals surface area contributed by atoms with Crippen LogP contribution in [0.1, 0.15) is 25.7 Å². The molecule has 0 atom stereocenters. The summed E-state index contributed by atoms with van der Waals surface area (Å²) in [5.41, 5.74) is 0. The Morgan fingerprint density at radius 2 is 1.80 bits per heavy atom. The number of halogens is 2. The van der Waals surface area contributed by atoms with Gasteiger partial charge >= 0.3 is 0 Å². The standard InChI is InChI=1S/C6H11F2NO/c7-6(8)3-1-5(10-9)2-4-6/h5H,1-4,9H2. The molecule has 0 radical (unpaired) electrons. The molecule has 1 rings (SSSR count). The first-order valence-corrected chi connectivity index (χ1v) is 3.37. The van der Waals surface area contributed by atoms with Crippen LogP contribution in [0.15, 0.2) is 0 Å². The van der Waals surface area contributed by atoms with Crippen molar-refractivity contribution < 1.29 is 13.6 Å². The molecule has 1 aliphatic rings. The minimum atomic E-state index is -2.48. The van der Waals surface area contributed by atoms with Gasteiger partial charge in [-0.1, -0.05) is 0 Å². The Morgan fingerprint density at radius 1 is 1.30 bits per heavy atom. The van der Waals surface area contributed by atoms with E-state index in [0.717, 1.165) is 0 Å². The molecule has 1 aliphatic carbocycles. The van der Waals surface area contributed by atoms with Crippen molar-refractivity contribution in [1.82, 2.24) is 0 Å². The molecule has 0 spiro atoms. The highest BCUT2D eigenvalue weighted by Crippen LogP contribution is 2.33. The first-order chi connectivity index (χ1) is 4.64. The molecular weight excluding hydrogens is 140 g/mol. The van der Waals surface area contributed by atoms with Crippen molar-refractivity contribution in [2.45, 2.75) is 37.7 Å². The van der Waals surface area contributed by atoms with Gasteiger partial charge in [0.1, 0.15) is 0 Å². The third-order valence-electron chi connectivity index (χ3n) is 1.86. The lowest BCUT2D eigenvalue weighted by atomic mass is 9.94. The van der Waals surface area contributed by atoms with Crippen molar-refractivity contribution in [3.05, 3.63) is 0 Å². The third kappa shape index (κ3) is 1.88. The molecule has 10 heavy (non-hydrogen) atoms. The van der Waals surface area contributed by atoms with Crippen LogP contribution in [0.4, 0.5) is 8.78 Å². The zero-order valence-corrected chi connectivity index (χ0v) is 5.65. The molecule has 0 saturated heterocycles. The molecule has 0 amide bonds. The summed E-state index contributed by atoms with van der Waals surface area (Å²) >= 11 is 0. The monoisotopic (exact) mass is 151 g/mol. The Kier molecular flexibility index (Phi) is 2.21. The van der Waals surface area contributed by atoms with Crippen LogP contribution in [0.25, 0.3) is 0 Å². The normalized spacial score (nSPS) is 26.7. The zero-order valence-electron chi connectivity index (χ0n) is 5.65. The summed E-state index contributed by atoms with van der Waals surface area (Å²) in [4.78, 5) is 4.45. The smallest absolute Gasteiger partial charge is 0.248 e. The van der Waals surface area contributed by atoms with Crippen LogP contribution < -0.4 is 5.90 Å². The first-order valence-electron chi connectivity index (χ1n) is 3.37. The third-order valence-corrected chi connectivity index (χ3v) is 1.86. The van der Waals surface area contributed by atoms with Crippen LogP contribution in [0, 0.1) is 0 Å². The molecule has 0 aromatic heterocycles. The second kappa shape index (κ2) is 2.80. The maximum atomic E-state index is 12.4. The summed E-state index contributed by atoms with van der Waals surface area (Å²) in [6, 6.07) is 0. The second-order valence-corrected chi connectivity index (χ2v) is 2.69. The summed E-state index contributed by atoms with van der Waals surface area (Å²) in [6.07, 6.45) is 0.427. The number of alkyl halides is 2. The van der Waals surface area contributed by atoms with Gasteiger partial charge < -0.3 is 4.84 Å². The van der Waals surface area contributed by atoms with E-state index in [1.54, 1.807) is 0 Å². The number of hydrogen-bond acceptors (Lipinski definition) is 2. The van der Waals surface area contributed by atoms with Crippen molar-refractivity contribution in [3.8, 4) is 0 Å². The van der Waals surface area contributed by atoms with E-state index < -0.39 is 5.92 Å². The maximum absolute atomic E-state index is 12.4. The lowest BCUT2D eigenvalue weighted by molar-refractivity contribution is -0.0811. The molecule has 4 heteroatoms. The Labute approximate surface area is 58.3 Å². The Bertz CT molecular complexity index is 108. The fraction of sp³-hybridized carbons (Fsp3) is 1.00. The number of rotatable bonds is 1. The van der Waals surface area contributed by atoms with Gasteiger partial charge in [-0.2, -0.15) is 0 Å². The van der Waals surface area contributed by atoms with Crippen LogP contribution in [-0.4, -0.2) is 12.0 Å². The zero-order chi connectivity index (χ0) is 7.61. The Hall–Kier alpha value is -0.220. The molecule has 1 saturated carbocycles. The van der Waals surface area contributed by atoms with E-state index in [4.69, 9.17) is 5.90 Å². The van der Waals surface area contributed by atoms with Gasteiger partial charge in [0, 0.05) is 12.8 Å². The summed E-state index contributed by atoms with van der Waals surface area (Å²) < 4.78 is 24.8. The molecule has 0 aromatic carbocycles. The van der Waals surface area contributed by atoms with Gasteiger partial charge in [-0.3, -0.25) is 0 Å². The molecule has 0 aromatic rings. The van der Waals surface area contributed by atoms with Crippen LogP contribution in [-0.2, 0) is 4.84 Å². The van der Waals surface area contributed by atoms with E-state index in [9.17, 15) is 8.78 Å². The number of nitrogens with two attached hydrogens (primary N) is 1. The van der Waals surface area contributed by atoms with Crippen LogP contribution >= 0.6 is 0 Å². The molecule has 0 aliphatic heterocycles.